The Hall–Kier alpha value is -1.71. The van der Waals surface area contributed by atoms with Gasteiger partial charge < -0.3 is 16.0 Å². The Morgan fingerprint density at radius 2 is 1.94 bits per heavy atom. The van der Waals surface area contributed by atoms with Gasteiger partial charge in [0.25, 0.3) is 0 Å². The Morgan fingerprint density at radius 1 is 1.24 bits per heavy atom. The monoisotopic (exact) mass is 233 g/mol. The number of anilines is 1. The van der Waals surface area contributed by atoms with Gasteiger partial charge in [-0.3, -0.25) is 0 Å². The summed E-state index contributed by atoms with van der Waals surface area (Å²) in [5.74, 6) is 0. The molecule has 92 valence electrons. The molecule has 1 aliphatic heterocycles. The highest BCUT2D eigenvalue weighted by molar-refractivity contribution is 5.74. The summed E-state index contributed by atoms with van der Waals surface area (Å²) in [6.45, 7) is 2.24. The lowest BCUT2D eigenvalue weighted by molar-refractivity contribution is 0.186. The number of nitrogens with one attached hydrogen (secondary N) is 1. The van der Waals surface area contributed by atoms with Crippen molar-refractivity contribution in [3.8, 4) is 0 Å². The summed E-state index contributed by atoms with van der Waals surface area (Å²) >= 11 is 0. The summed E-state index contributed by atoms with van der Waals surface area (Å²) in [6.07, 6.45) is 3.46. The van der Waals surface area contributed by atoms with Crippen molar-refractivity contribution in [2.75, 3.05) is 18.8 Å². The topological polar surface area (TPSA) is 58.4 Å². The molecule has 3 N–H and O–H groups in total. The van der Waals surface area contributed by atoms with Gasteiger partial charge in [0.15, 0.2) is 0 Å². The van der Waals surface area contributed by atoms with E-state index in [9.17, 15) is 4.79 Å². The Balaban J connectivity index is 1.85. The highest BCUT2D eigenvalue weighted by atomic mass is 16.2. The van der Waals surface area contributed by atoms with Crippen molar-refractivity contribution in [3.05, 3.63) is 29.8 Å². The molecule has 2 amide bonds. The summed E-state index contributed by atoms with van der Waals surface area (Å²) in [5, 5.41) is 2.92. The SMILES string of the molecule is Nc1ccccc1CNC(=O)N1CCCCC1. The maximum absolute atomic E-state index is 11.9. The molecule has 1 heterocycles. The van der Waals surface area contributed by atoms with E-state index in [1.807, 2.05) is 29.2 Å². The molecule has 0 spiro atoms. The highest BCUT2D eigenvalue weighted by Crippen LogP contribution is 2.11. The third-order valence-corrected chi connectivity index (χ3v) is 3.13. The summed E-state index contributed by atoms with van der Waals surface area (Å²) in [4.78, 5) is 13.7. The molecular weight excluding hydrogens is 214 g/mol. The molecule has 0 bridgehead atoms. The van der Waals surface area contributed by atoms with E-state index in [4.69, 9.17) is 5.73 Å². The maximum atomic E-state index is 11.9. The highest BCUT2D eigenvalue weighted by Gasteiger charge is 2.15. The number of hydrogen-bond donors (Lipinski definition) is 2. The van der Waals surface area contributed by atoms with Crippen LogP contribution < -0.4 is 11.1 Å². The van der Waals surface area contributed by atoms with Gasteiger partial charge in [-0.1, -0.05) is 18.2 Å². The van der Waals surface area contributed by atoms with Gasteiger partial charge in [0.1, 0.15) is 0 Å². The minimum atomic E-state index is 0.0213. The lowest BCUT2D eigenvalue weighted by atomic mass is 10.1. The molecule has 4 heteroatoms. The number of nitrogens with zero attached hydrogens (tertiary/aromatic N) is 1. The van der Waals surface area contributed by atoms with Gasteiger partial charge in [-0.2, -0.15) is 0 Å². The average Bonchev–Trinajstić information content (AvgIpc) is 2.38. The molecule has 1 saturated heterocycles. The van der Waals surface area contributed by atoms with Gasteiger partial charge >= 0.3 is 6.03 Å². The minimum Gasteiger partial charge on any atom is -0.398 e. The van der Waals surface area contributed by atoms with Crippen LogP contribution in [0.25, 0.3) is 0 Å². The fourth-order valence-corrected chi connectivity index (χ4v) is 2.07. The number of carbonyl (C=O) groups excluding carboxylic acids is 1. The largest absolute Gasteiger partial charge is 0.398 e. The van der Waals surface area contributed by atoms with Gasteiger partial charge in [-0.15, -0.1) is 0 Å². The number of carbonyl (C=O) groups is 1. The summed E-state index contributed by atoms with van der Waals surface area (Å²) in [7, 11) is 0. The van der Waals surface area contributed by atoms with Crippen molar-refractivity contribution in [2.24, 2.45) is 0 Å². The zero-order valence-electron chi connectivity index (χ0n) is 9.98. The molecule has 0 unspecified atom stereocenters. The van der Waals surface area contributed by atoms with Crippen LogP contribution in [0.2, 0.25) is 0 Å². The van der Waals surface area contributed by atoms with E-state index < -0.39 is 0 Å². The molecule has 0 aliphatic carbocycles. The van der Waals surface area contributed by atoms with Crippen LogP contribution in [-0.2, 0) is 6.54 Å². The smallest absolute Gasteiger partial charge is 0.317 e. The molecule has 4 nitrogen and oxygen atoms in total. The third-order valence-electron chi connectivity index (χ3n) is 3.13. The van der Waals surface area contributed by atoms with Crippen molar-refractivity contribution in [2.45, 2.75) is 25.8 Å². The van der Waals surface area contributed by atoms with Gasteiger partial charge in [-0.25, -0.2) is 4.79 Å². The van der Waals surface area contributed by atoms with Crippen LogP contribution in [0.1, 0.15) is 24.8 Å². The molecule has 1 aromatic rings. The standard InChI is InChI=1S/C13H19N3O/c14-12-7-3-2-6-11(12)10-15-13(17)16-8-4-1-5-9-16/h2-3,6-7H,1,4-5,8-10,14H2,(H,15,17). The first-order chi connectivity index (χ1) is 8.27. The first-order valence-electron chi connectivity index (χ1n) is 6.13. The van der Waals surface area contributed by atoms with Crippen LogP contribution in [0.5, 0.6) is 0 Å². The number of amides is 2. The second kappa shape index (κ2) is 5.57. The number of nitrogen functional groups attached to an aromatic ring is 1. The van der Waals surface area contributed by atoms with Crippen LogP contribution in [0.15, 0.2) is 24.3 Å². The van der Waals surface area contributed by atoms with Crippen LogP contribution >= 0.6 is 0 Å². The molecular formula is C13H19N3O. The van der Waals surface area contributed by atoms with Crippen molar-refractivity contribution in [3.63, 3.8) is 0 Å². The van der Waals surface area contributed by atoms with Crippen molar-refractivity contribution in [1.29, 1.82) is 0 Å². The molecule has 2 rings (SSSR count). The Labute approximate surface area is 102 Å². The average molecular weight is 233 g/mol. The molecule has 0 aromatic heterocycles. The second-order valence-electron chi connectivity index (χ2n) is 4.41. The number of hydrogen-bond acceptors (Lipinski definition) is 2. The number of urea groups is 1. The fourth-order valence-electron chi connectivity index (χ4n) is 2.07. The first kappa shape index (κ1) is 11.8. The molecule has 0 radical (unpaired) electrons. The van der Waals surface area contributed by atoms with Crippen LogP contribution in [0.4, 0.5) is 10.5 Å². The fraction of sp³-hybridized carbons (Fsp3) is 0.462. The van der Waals surface area contributed by atoms with Gasteiger partial charge in [0.05, 0.1) is 0 Å². The van der Waals surface area contributed by atoms with Crippen LogP contribution in [0, 0.1) is 0 Å². The predicted molar refractivity (Wildman–Crippen MR) is 68.5 cm³/mol. The van der Waals surface area contributed by atoms with E-state index >= 15 is 0 Å². The minimum absolute atomic E-state index is 0.0213. The molecule has 0 atom stereocenters. The molecule has 1 aliphatic rings. The van der Waals surface area contributed by atoms with E-state index in [0.717, 1.165) is 37.2 Å². The molecule has 17 heavy (non-hydrogen) atoms. The van der Waals surface area contributed by atoms with E-state index in [-0.39, 0.29) is 6.03 Å². The number of benzene rings is 1. The summed E-state index contributed by atoms with van der Waals surface area (Å²) in [6, 6.07) is 7.63. The van der Waals surface area contributed by atoms with Crippen LogP contribution in [0.3, 0.4) is 0 Å². The zero-order chi connectivity index (χ0) is 12.1. The Morgan fingerprint density at radius 3 is 2.65 bits per heavy atom. The van der Waals surface area contributed by atoms with Crippen molar-refractivity contribution >= 4 is 11.7 Å². The number of piperidine rings is 1. The normalized spacial score (nSPS) is 15.6. The number of nitrogens with two attached hydrogens (primary N) is 1. The van der Waals surface area contributed by atoms with Gasteiger partial charge in [-0.05, 0) is 30.9 Å². The quantitative estimate of drug-likeness (QED) is 0.767. The van der Waals surface area contributed by atoms with E-state index in [2.05, 4.69) is 5.32 Å². The van der Waals surface area contributed by atoms with Crippen LogP contribution in [-0.4, -0.2) is 24.0 Å². The van der Waals surface area contributed by atoms with Gasteiger partial charge in [0, 0.05) is 25.3 Å². The molecule has 1 fully saturated rings. The molecule has 0 saturated carbocycles. The Bertz CT molecular complexity index is 386. The van der Waals surface area contributed by atoms with E-state index in [1.54, 1.807) is 0 Å². The lowest BCUT2D eigenvalue weighted by Crippen LogP contribution is -2.42. The maximum Gasteiger partial charge on any atom is 0.317 e. The summed E-state index contributed by atoms with van der Waals surface area (Å²) < 4.78 is 0. The van der Waals surface area contributed by atoms with E-state index in [1.165, 1.54) is 6.42 Å². The predicted octanol–water partition coefficient (Wildman–Crippen LogP) is 1.96. The number of likely N-dealkylation sites (tertiary alicyclic amines) is 1. The van der Waals surface area contributed by atoms with Crippen molar-refractivity contribution in [1.82, 2.24) is 10.2 Å². The first-order valence-corrected chi connectivity index (χ1v) is 6.13. The third kappa shape index (κ3) is 3.12. The second-order valence-corrected chi connectivity index (χ2v) is 4.41. The van der Waals surface area contributed by atoms with E-state index in [0.29, 0.717) is 6.54 Å². The zero-order valence-corrected chi connectivity index (χ0v) is 9.98. The van der Waals surface area contributed by atoms with Gasteiger partial charge in [0.2, 0.25) is 0 Å². The number of para-hydroxylation sites is 1. The number of rotatable bonds is 2. The lowest BCUT2D eigenvalue weighted by Gasteiger charge is -2.26. The van der Waals surface area contributed by atoms with Crippen molar-refractivity contribution < 1.29 is 4.79 Å². The summed E-state index contributed by atoms with van der Waals surface area (Å²) in [5.41, 5.74) is 7.52. The molecule has 1 aromatic carbocycles. The Kier molecular flexibility index (Phi) is 3.85.